The van der Waals surface area contributed by atoms with Crippen LogP contribution in [0.5, 0.6) is 11.5 Å². The summed E-state index contributed by atoms with van der Waals surface area (Å²) in [5, 5.41) is 24.0. The first kappa shape index (κ1) is 29.6. The molecule has 1 atom stereocenters. The summed E-state index contributed by atoms with van der Waals surface area (Å²) < 4.78 is 25.6. The molecule has 206 valence electrons. The van der Waals surface area contributed by atoms with Gasteiger partial charge in [0.15, 0.2) is 0 Å². The second-order valence-corrected chi connectivity index (χ2v) is 12.3. The average Bonchev–Trinajstić information content (AvgIpc) is 2.85. The molecule has 1 aliphatic carbocycles. The van der Waals surface area contributed by atoms with Crippen molar-refractivity contribution in [1.82, 2.24) is 10.2 Å². The van der Waals surface area contributed by atoms with Crippen LogP contribution in [0.1, 0.15) is 62.1 Å². The minimum atomic E-state index is -3.43. The van der Waals surface area contributed by atoms with Gasteiger partial charge in [0.1, 0.15) is 11.5 Å². The number of nitrogens with one attached hydrogen (secondary N) is 2. The van der Waals surface area contributed by atoms with Crippen LogP contribution >= 0.6 is 11.6 Å². The number of unbranched alkanes of at least 4 members (excludes halogenated alkanes) is 3. The van der Waals surface area contributed by atoms with Gasteiger partial charge in [0.2, 0.25) is 10.0 Å². The monoisotopic (exact) mass is 551 g/mol. The summed E-state index contributed by atoms with van der Waals surface area (Å²) in [6, 6.07) is 9.46. The minimum absolute atomic E-state index is 0.0730. The number of halogens is 1. The summed E-state index contributed by atoms with van der Waals surface area (Å²) >= 11 is 5.97. The predicted molar refractivity (Wildman–Crippen MR) is 152 cm³/mol. The van der Waals surface area contributed by atoms with Crippen molar-refractivity contribution < 1.29 is 18.6 Å². The highest BCUT2D eigenvalue weighted by Gasteiger charge is 2.26. The van der Waals surface area contributed by atoms with E-state index in [4.69, 9.17) is 11.6 Å². The molecule has 0 aliphatic heterocycles. The molecular formula is C28H42ClN3O4S. The fourth-order valence-electron chi connectivity index (χ4n) is 5.16. The van der Waals surface area contributed by atoms with Crippen molar-refractivity contribution >= 4 is 27.3 Å². The van der Waals surface area contributed by atoms with E-state index in [0.29, 0.717) is 11.1 Å². The Morgan fingerprint density at radius 3 is 2.57 bits per heavy atom. The van der Waals surface area contributed by atoms with Crippen molar-refractivity contribution in [2.24, 2.45) is 0 Å². The zero-order chi connectivity index (χ0) is 26.8. The van der Waals surface area contributed by atoms with Gasteiger partial charge in [0.25, 0.3) is 0 Å². The maximum absolute atomic E-state index is 11.6. The van der Waals surface area contributed by atoms with Gasteiger partial charge in [0.05, 0.1) is 17.0 Å². The number of hydrogen-bond acceptors (Lipinski definition) is 6. The number of sulfonamides is 1. The first-order chi connectivity index (χ1) is 17.7. The van der Waals surface area contributed by atoms with Gasteiger partial charge >= 0.3 is 0 Å². The standard InChI is InChI=1S/C28H42ClN3O4S/c1-3-17-32(18-7-5-4-6-15-30-16-14-21-8-13-27(33)25(29)19-21)23-10-11-24-22(20-23)9-12-26(28(24)34)31-37(2,35)36/h8-9,12-13,19,23,30-31,33-34H,3-7,10-11,14-18,20H2,1-2H3/t23-/m0/s1. The van der Waals surface area contributed by atoms with Crippen LogP contribution in [0.3, 0.4) is 0 Å². The summed E-state index contributed by atoms with van der Waals surface area (Å²) in [6.45, 7) is 6.28. The number of hydrogen-bond donors (Lipinski definition) is 4. The molecule has 2 aromatic carbocycles. The zero-order valence-corrected chi connectivity index (χ0v) is 23.7. The number of anilines is 1. The summed E-state index contributed by atoms with van der Waals surface area (Å²) in [7, 11) is -3.43. The fourth-order valence-corrected chi connectivity index (χ4v) is 5.92. The van der Waals surface area contributed by atoms with Gasteiger partial charge < -0.3 is 20.4 Å². The first-order valence-electron chi connectivity index (χ1n) is 13.4. The summed E-state index contributed by atoms with van der Waals surface area (Å²) in [6.07, 6.45) is 10.5. The SMILES string of the molecule is CCCN(CCCCCCNCCc1ccc(O)c(Cl)c1)[C@H]1CCc2c(ccc(NS(C)(=O)=O)c2O)C1. The molecule has 0 radical (unpaired) electrons. The molecule has 0 amide bonds. The van der Waals surface area contributed by atoms with Gasteiger partial charge in [-0.1, -0.05) is 43.5 Å². The maximum atomic E-state index is 11.6. The van der Waals surface area contributed by atoms with Gasteiger partial charge in [0, 0.05) is 6.04 Å². The van der Waals surface area contributed by atoms with E-state index < -0.39 is 10.0 Å². The Hall–Kier alpha value is -2.00. The van der Waals surface area contributed by atoms with Crippen LogP contribution in [0.25, 0.3) is 0 Å². The molecule has 0 aromatic heterocycles. The van der Waals surface area contributed by atoms with Crippen LogP contribution in [0, 0.1) is 0 Å². The van der Waals surface area contributed by atoms with Crippen LogP contribution in [-0.4, -0.2) is 62.0 Å². The quantitative estimate of drug-likeness (QED) is 0.182. The van der Waals surface area contributed by atoms with Crippen molar-refractivity contribution in [1.29, 1.82) is 0 Å². The van der Waals surface area contributed by atoms with Gasteiger partial charge in [-0.3, -0.25) is 4.72 Å². The molecule has 0 fully saturated rings. The Balaban J connectivity index is 1.36. The van der Waals surface area contributed by atoms with Crippen molar-refractivity contribution in [3.63, 3.8) is 0 Å². The number of phenols is 2. The van der Waals surface area contributed by atoms with Crippen LogP contribution in [0.15, 0.2) is 30.3 Å². The fraction of sp³-hybridized carbons (Fsp3) is 0.571. The number of aromatic hydroxyl groups is 2. The normalized spacial score (nSPS) is 15.6. The zero-order valence-electron chi connectivity index (χ0n) is 22.1. The van der Waals surface area contributed by atoms with Crippen LogP contribution in [-0.2, 0) is 29.3 Å². The minimum Gasteiger partial charge on any atom is -0.506 e. The van der Waals surface area contributed by atoms with Crippen LogP contribution in [0.2, 0.25) is 5.02 Å². The second kappa shape index (κ2) is 14.2. The summed E-state index contributed by atoms with van der Waals surface area (Å²) in [5.74, 6) is 0.199. The Labute approximate surface area is 227 Å². The lowest BCUT2D eigenvalue weighted by Gasteiger charge is -2.35. The smallest absolute Gasteiger partial charge is 0.229 e. The number of nitrogens with zero attached hydrogens (tertiary/aromatic N) is 1. The lowest BCUT2D eigenvalue weighted by molar-refractivity contribution is 0.175. The summed E-state index contributed by atoms with van der Waals surface area (Å²) in [5.41, 5.74) is 3.39. The molecule has 0 spiro atoms. The Bertz CT molecular complexity index is 1130. The Kier molecular flexibility index (Phi) is 11.4. The molecule has 0 unspecified atom stereocenters. The highest BCUT2D eigenvalue weighted by atomic mass is 35.5. The third kappa shape index (κ3) is 9.36. The molecule has 9 heteroatoms. The molecule has 0 saturated heterocycles. The predicted octanol–water partition coefficient (Wildman–Crippen LogP) is 5.08. The molecule has 3 rings (SSSR count). The molecule has 7 nitrogen and oxygen atoms in total. The molecule has 0 bridgehead atoms. The summed E-state index contributed by atoms with van der Waals surface area (Å²) in [4.78, 5) is 2.60. The molecule has 37 heavy (non-hydrogen) atoms. The topological polar surface area (TPSA) is 102 Å². The number of benzene rings is 2. The highest BCUT2D eigenvalue weighted by Crippen LogP contribution is 2.36. The Morgan fingerprint density at radius 1 is 1.05 bits per heavy atom. The van der Waals surface area contributed by atoms with Gasteiger partial charge in [-0.2, -0.15) is 0 Å². The Morgan fingerprint density at radius 2 is 1.84 bits per heavy atom. The van der Waals surface area contributed by atoms with Crippen molar-refractivity contribution in [2.75, 3.05) is 37.2 Å². The third-order valence-electron chi connectivity index (χ3n) is 7.04. The van der Waals surface area contributed by atoms with E-state index in [-0.39, 0.29) is 17.2 Å². The number of fused-ring (bicyclic) bond motifs is 1. The highest BCUT2D eigenvalue weighted by molar-refractivity contribution is 7.92. The maximum Gasteiger partial charge on any atom is 0.229 e. The van der Waals surface area contributed by atoms with Crippen LogP contribution < -0.4 is 10.0 Å². The van der Waals surface area contributed by atoms with Crippen molar-refractivity contribution in [3.8, 4) is 11.5 Å². The first-order valence-corrected chi connectivity index (χ1v) is 15.7. The number of rotatable bonds is 15. The third-order valence-corrected chi connectivity index (χ3v) is 7.93. The van der Waals surface area contributed by atoms with Gasteiger partial charge in [-0.15, -0.1) is 0 Å². The van der Waals surface area contributed by atoms with E-state index in [1.165, 1.54) is 19.3 Å². The molecule has 0 heterocycles. The van der Waals surface area contributed by atoms with Crippen molar-refractivity contribution in [2.45, 2.75) is 70.8 Å². The van der Waals surface area contributed by atoms with E-state index in [1.807, 2.05) is 18.2 Å². The molecular weight excluding hydrogens is 510 g/mol. The van der Waals surface area contributed by atoms with E-state index in [0.717, 1.165) is 87.7 Å². The van der Waals surface area contributed by atoms with E-state index in [9.17, 15) is 18.6 Å². The molecule has 2 aromatic rings. The molecule has 4 N–H and O–H groups in total. The largest absolute Gasteiger partial charge is 0.506 e. The van der Waals surface area contributed by atoms with E-state index >= 15 is 0 Å². The lowest BCUT2D eigenvalue weighted by atomic mass is 9.86. The average molecular weight is 552 g/mol. The van der Waals surface area contributed by atoms with Crippen molar-refractivity contribution in [3.05, 3.63) is 52.0 Å². The lowest BCUT2D eigenvalue weighted by Crippen LogP contribution is -2.40. The molecule has 1 aliphatic rings. The van der Waals surface area contributed by atoms with E-state index in [2.05, 4.69) is 21.9 Å². The van der Waals surface area contributed by atoms with Gasteiger partial charge in [-0.05, 0) is 106 Å². The second-order valence-electron chi connectivity index (χ2n) is 10.1. The van der Waals surface area contributed by atoms with Crippen LogP contribution in [0.4, 0.5) is 5.69 Å². The number of phenolic OH excluding ortho intramolecular Hbond substituents is 2. The van der Waals surface area contributed by atoms with E-state index in [1.54, 1.807) is 12.1 Å². The van der Waals surface area contributed by atoms with Gasteiger partial charge in [-0.25, -0.2) is 8.42 Å². The molecule has 0 saturated carbocycles.